The van der Waals surface area contributed by atoms with Crippen molar-refractivity contribution in [2.24, 2.45) is 11.7 Å². The van der Waals surface area contributed by atoms with Gasteiger partial charge in [0.25, 0.3) is 0 Å². The average molecular weight is 292 g/mol. The predicted octanol–water partition coefficient (Wildman–Crippen LogP) is 1.89. The molecular weight excluding hydrogens is 259 g/mol. The van der Waals surface area contributed by atoms with Gasteiger partial charge in [-0.2, -0.15) is 0 Å². The molecule has 0 aromatic heterocycles. The summed E-state index contributed by atoms with van der Waals surface area (Å²) < 4.78 is 5.63. The van der Waals surface area contributed by atoms with Gasteiger partial charge in [-0.05, 0) is 57.3 Å². The molecular formula is C17H33BN2O. The molecule has 3 unspecified atom stereocenters. The van der Waals surface area contributed by atoms with Gasteiger partial charge >= 0.3 is 0 Å². The number of likely N-dealkylation sites (tertiary alicyclic amines) is 1. The number of fused-ring (bicyclic) bond motifs is 1. The molecule has 2 heterocycles. The Morgan fingerprint density at radius 2 is 1.90 bits per heavy atom. The van der Waals surface area contributed by atoms with Gasteiger partial charge in [-0.25, -0.2) is 0 Å². The zero-order valence-corrected chi connectivity index (χ0v) is 14.2. The van der Waals surface area contributed by atoms with Crippen LogP contribution < -0.4 is 5.73 Å². The second-order valence-electron chi connectivity index (χ2n) is 8.54. The number of hydrogen-bond donors (Lipinski definition) is 1. The average Bonchev–Trinajstić information content (AvgIpc) is 2.42. The second kappa shape index (κ2) is 5.86. The lowest BCUT2D eigenvalue weighted by Gasteiger charge is -2.60. The van der Waals surface area contributed by atoms with Crippen LogP contribution in [0.2, 0.25) is 0 Å². The molecule has 3 atom stereocenters. The largest absolute Gasteiger partial charge is 0.377 e. The van der Waals surface area contributed by atoms with E-state index >= 15 is 0 Å². The Kier molecular flexibility index (Phi) is 4.42. The first-order valence-electron chi connectivity index (χ1n) is 9.09. The lowest BCUT2D eigenvalue weighted by atomic mass is 9.65. The summed E-state index contributed by atoms with van der Waals surface area (Å²) >= 11 is 0. The minimum atomic E-state index is 0.0382. The molecule has 120 valence electrons. The monoisotopic (exact) mass is 292 g/mol. The molecule has 0 aromatic rings. The Morgan fingerprint density at radius 3 is 2.52 bits per heavy atom. The van der Waals surface area contributed by atoms with E-state index in [9.17, 15) is 0 Å². The summed E-state index contributed by atoms with van der Waals surface area (Å²) in [6.07, 6.45) is 10.5. The molecule has 3 nitrogen and oxygen atoms in total. The first-order chi connectivity index (χ1) is 9.94. The van der Waals surface area contributed by atoms with E-state index in [1.165, 1.54) is 51.4 Å². The highest BCUT2D eigenvalue weighted by Crippen LogP contribution is 2.45. The first kappa shape index (κ1) is 15.8. The van der Waals surface area contributed by atoms with E-state index in [4.69, 9.17) is 10.5 Å². The molecule has 2 aliphatic heterocycles. The molecule has 2 N–H and O–H groups in total. The number of hydrogen-bond acceptors (Lipinski definition) is 3. The molecule has 3 rings (SSSR count). The van der Waals surface area contributed by atoms with Gasteiger partial charge in [-0.15, -0.1) is 0 Å². The van der Waals surface area contributed by atoms with E-state index in [-0.39, 0.29) is 5.44 Å². The van der Waals surface area contributed by atoms with E-state index in [2.05, 4.69) is 26.6 Å². The van der Waals surface area contributed by atoms with Crippen LogP contribution in [0.4, 0.5) is 0 Å². The molecule has 1 aliphatic carbocycles. The molecule has 0 radical (unpaired) electrons. The Labute approximate surface area is 131 Å². The molecule has 1 spiro atoms. The quantitative estimate of drug-likeness (QED) is 0.750. The molecule has 3 fully saturated rings. The van der Waals surface area contributed by atoms with Crippen LogP contribution in [0.25, 0.3) is 0 Å². The number of nitrogens with two attached hydrogens (primary N) is 1. The third-order valence-electron chi connectivity index (χ3n) is 6.20. The van der Waals surface area contributed by atoms with Crippen molar-refractivity contribution in [1.29, 1.82) is 0 Å². The molecule has 0 aromatic carbocycles. The van der Waals surface area contributed by atoms with Crippen molar-refractivity contribution in [2.45, 2.75) is 88.3 Å². The molecule has 3 aliphatic rings. The van der Waals surface area contributed by atoms with Crippen molar-refractivity contribution in [3.8, 4) is 0 Å². The van der Waals surface area contributed by atoms with Gasteiger partial charge < -0.3 is 10.5 Å². The van der Waals surface area contributed by atoms with Crippen LogP contribution in [0.3, 0.4) is 0 Å². The summed E-state index contributed by atoms with van der Waals surface area (Å²) in [6.45, 7) is 6.65. The Morgan fingerprint density at radius 1 is 1.14 bits per heavy atom. The maximum Gasteiger partial charge on any atom is 0.127 e. The summed E-state index contributed by atoms with van der Waals surface area (Å²) in [6, 6.07) is 1.34. The Balaban J connectivity index is 1.84. The van der Waals surface area contributed by atoms with Gasteiger partial charge in [0, 0.05) is 12.1 Å². The van der Waals surface area contributed by atoms with Crippen molar-refractivity contribution in [3.63, 3.8) is 0 Å². The maximum absolute atomic E-state index is 6.62. The lowest BCUT2D eigenvalue weighted by molar-refractivity contribution is -0.195. The van der Waals surface area contributed by atoms with Crippen LogP contribution in [-0.2, 0) is 4.74 Å². The summed E-state index contributed by atoms with van der Waals surface area (Å²) in [4.78, 5) is 2.84. The Bertz CT molecular complexity index is 368. The molecule has 1 saturated carbocycles. The van der Waals surface area contributed by atoms with Crippen molar-refractivity contribution < 1.29 is 4.74 Å². The van der Waals surface area contributed by atoms with Crippen LogP contribution >= 0.6 is 0 Å². The first-order valence-corrected chi connectivity index (χ1v) is 9.09. The van der Waals surface area contributed by atoms with Crippen LogP contribution in [0.15, 0.2) is 0 Å². The van der Waals surface area contributed by atoms with Gasteiger partial charge in [0.05, 0.1) is 18.8 Å². The smallest absolute Gasteiger partial charge is 0.127 e. The second-order valence-corrected chi connectivity index (χ2v) is 8.54. The van der Waals surface area contributed by atoms with E-state index in [1.807, 2.05) is 0 Å². The van der Waals surface area contributed by atoms with E-state index in [1.54, 1.807) is 0 Å². The highest BCUT2D eigenvalue weighted by atomic mass is 16.5. The van der Waals surface area contributed by atoms with Gasteiger partial charge in [-0.3, -0.25) is 4.90 Å². The molecule has 0 bridgehead atoms. The number of ether oxygens (including phenoxy) is 1. The fourth-order valence-electron chi connectivity index (χ4n) is 5.29. The zero-order valence-electron chi connectivity index (χ0n) is 14.2. The van der Waals surface area contributed by atoms with Crippen molar-refractivity contribution in [2.75, 3.05) is 13.2 Å². The zero-order chi connectivity index (χ0) is 15.1. The van der Waals surface area contributed by atoms with Crippen molar-refractivity contribution in [3.05, 3.63) is 0 Å². The fourth-order valence-corrected chi connectivity index (χ4v) is 5.29. The van der Waals surface area contributed by atoms with Crippen LogP contribution in [0.1, 0.15) is 65.2 Å². The van der Waals surface area contributed by atoms with Gasteiger partial charge in [0.2, 0.25) is 0 Å². The lowest BCUT2D eigenvalue weighted by Crippen LogP contribution is -2.70. The summed E-state index contributed by atoms with van der Waals surface area (Å²) in [7, 11) is 2.28. The molecule has 0 amide bonds. The summed E-state index contributed by atoms with van der Waals surface area (Å²) in [5.74, 6) is 0.784. The SMILES string of the molecule is BC1(N)CCCCCC2C(CCC3(COC3)N2C(C)C)C1. The highest BCUT2D eigenvalue weighted by Gasteiger charge is 2.52. The van der Waals surface area contributed by atoms with Crippen LogP contribution in [0.5, 0.6) is 0 Å². The minimum absolute atomic E-state index is 0.0382. The number of piperidine rings is 1. The predicted molar refractivity (Wildman–Crippen MR) is 90.2 cm³/mol. The van der Waals surface area contributed by atoms with E-state index in [0.29, 0.717) is 11.6 Å². The topological polar surface area (TPSA) is 38.5 Å². The van der Waals surface area contributed by atoms with Gasteiger partial charge in [-0.1, -0.05) is 19.3 Å². The third-order valence-corrected chi connectivity index (χ3v) is 6.20. The van der Waals surface area contributed by atoms with Gasteiger partial charge in [0.1, 0.15) is 7.85 Å². The van der Waals surface area contributed by atoms with Crippen molar-refractivity contribution >= 4 is 7.85 Å². The van der Waals surface area contributed by atoms with Crippen molar-refractivity contribution in [1.82, 2.24) is 4.90 Å². The van der Waals surface area contributed by atoms with E-state index in [0.717, 1.165) is 25.2 Å². The summed E-state index contributed by atoms with van der Waals surface area (Å²) in [5, 5.41) is 0. The molecule has 21 heavy (non-hydrogen) atoms. The third kappa shape index (κ3) is 3.04. The van der Waals surface area contributed by atoms with Crippen LogP contribution in [0, 0.1) is 5.92 Å². The normalized spacial score (nSPS) is 41.0. The molecule has 2 saturated heterocycles. The fraction of sp³-hybridized carbons (Fsp3) is 1.00. The minimum Gasteiger partial charge on any atom is -0.377 e. The number of rotatable bonds is 1. The highest BCUT2D eigenvalue weighted by molar-refractivity contribution is 6.15. The standard InChI is InChI=1S/C17H33BN2O/c1-13(2)20-15-6-4-3-5-8-17(18,19)10-14(15)7-9-16(20)11-21-12-16/h13-15H,3-12,18-19H2,1-2H3. The maximum atomic E-state index is 6.62. The Hall–Kier alpha value is -0.0551. The van der Waals surface area contributed by atoms with Gasteiger partial charge in [0.15, 0.2) is 0 Å². The molecule has 4 heteroatoms. The van der Waals surface area contributed by atoms with Crippen LogP contribution in [-0.4, -0.2) is 49.0 Å². The van der Waals surface area contributed by atoms with E-state index < -0.39 is 0 Å². The summed E-state index contributed by atoms with van der Waals surface area (Å²) in [5.41, 5.74) is 7.01. The number of nitrogens with zero attached hydrogens (tertiary/aromatic N) is 1.